The number of rotatable bonds is 2. The third kappa shape index (κ3) is 5.48. The topological polar surface area (TPSA) is 75.1 Å². The predicted octanol–water partition coefficient (Wildman–Crippen LogP) is 3.32. The van der Waals surface area contributed by atoms with E-state index >= 15 is 0 Å². The van der Waals surface area contributed by atoms with Crippen LogP contribution in [0.1, 0.15) is 24.3 Å². The van der Waals surface area contributed by atoms with E-state index in [4.69, 9.17) is 10.0 Å². The average Bonchev–Trinajstić information content (AvgIpc) is 3.48. The minimum absolute atomic E-state index is 0.181. The average molecular weight is 309 g/mol. The molecular formula is C18H19N3O2. The molecule has 1 aliphatic rings. The molecule has 0 spiro atoms. The van der Waals surface area contributed by atoms with Crippen LogP contribution in [0.25, 0.3) is 11.0 Å². The normalized spacial score (nSPS) is 12.2. The Balaban J connectivity index is 0.000000161. The van der Waals surface area contributed by atoms with Gasteiger partial charge in [-0.2, -0.15) is 0 Å². The van der Waals surface area contributed by atoms with Crippen molar-refractivity contribution in [1.29, 1.82) is 0 Å². The summed E-state index contributed by atoms with van der Waals surface area (Å²) in [5.74, 6) is 0.750. The van der Waals surface area contributed by atoms with E-state index in [0.29, 0.717) is 0 Å². The van der Waals surface area contributed by atoms with Crippen LogP contribution in [0.5, 0.6) is 0 Å². The zero-order chi connectivity index (χ0) is 16.3. The first-order valence-electron chi connectivity index (χ1n) is 7.39. The van der Waals surface area contributed by atoms with Crippen molar-refractivity contribution in [2.45, 2.75) is 18.8 Å². The maximum Gasteiger partial charge on any atom is 0.230 e. The molecule has 118 valence electrons. The monoisotopic (exact) mass is 309 g/mol. The summed E-state index contributed by atoms with van der Waals surface area (Å²) in [6.07, 6.45) is 6.54. The third-order valence-electron chi connectivity index (χ3n) is 3.26. The molecule has 0 unspecified atom stereocenters. The van der Waals surface area contributed by atoms with Crippen molar-refractivity contribution >= 4 is 17.4 Å². The molecule has 1 aliphatic carbocycles. The molecule has 2 N–H and O–H groups in total. The maximum absolute atomic E-state index is 8.81. The first kappa shape index (κ1) is 16.6. The lowest BCUT2D eigenvalue weighted by molar-refractivity contribution is -0.116. The fourth-order valence-corrected chi connectivity index (χ4v) is 2.11. The summed E-state index contributed by atoms with van der Waals surface area (Å²) in [7, 11) is 0. The van der Waals surface area contributed by atoms with Gasteiger partial charge in [-0.15, -0.1) is 0 Å². The quantitative estimate of drug-likeness (QED) is 0.432. The Hall–Kier alpha value is -2.79. The highest BCUT2D eigenvalue weighted by molar-refractivity contribution is 5.78. The van der Waals surface area contributed by atoms with Crippen LogP contribution in [-0.4, -0.2) is 21.6 Å². The molecule has 0 radical (unpaired) electrons. The van der Waals surface area contributed by atoms with Gasteiger partial charge in [-0.1, -0.05) is 36.4 Å². The van der Waals surface area contributed by atoms with Crippen molar-refractivity contribution in [3.05, 3.63) is 72.6 Å². The zero-order valence-electron chi connectivity index (χ0n) is 12.7. The number of carbonyl (C=O) groups excluding carboxylic acids is 1. The molecule has 4 rings (SSSR count). The lowest BCUT2D eigenvalue weighted by Crippen LogP contribution is -1.99. The number of carbonyl (C=O) groups is 1. The molecular weight excluding hydrogens is 290 g/mol. The van der Waals surface area contributed by atoms with Gasteiger partial charge in [0.2, 0.25) is 6.41 Å². The van der Waals surface area contributed by atoms with Gasteiger partial charge in [0.1, 0.15) is 0 Å². The fraction of sp³-hybridized carbons (Fsp3) is 0.167. The van der Waals surface area contributed by atoms with Gasteiger partial charge in [0, 0.05) is 12.4 Å². The van der Waals surface area contributed by atoms with E-state index in [9.17, 15) is 0 Å². The molecule has 1 amide bonds. The van der Waals surface area contributed by atoms with Crippen molar-refractivity contribution in [2.75, 3.05) is 0 Å². The van der Waals surface area contributed by atoms with Gasteiger partial charge in [-0.25, -0.2) is 5.48 Å². The SMILES string of the molecule is O=CNO.c1ccccc1.c1cnc2c(C3CC3)ccnc2c1. The Kier molecular flexibility index (Phi) is 6.68. The molecule has 1 aromatic carbocycles. The van der Waals surface area contributed by atoms with Gasteiger partial charge in [-0.3, -0.25) is 20.0 Å². The highest BCUT2D eigenvalue weighted by Gasteiger charge is 2.25. The lowest BCUT2D eigenvalue weighted by Gasteiger charge is -2.01. The first-order chi connectivity index (χ1) is 11.4. The molecule has 2 aromatic heterocycles. The van der Waals surface area contributed by atoms with E-state index in [1.54, 1.807) is 0 Å². The summed E-state index contributed by atoms with van der Waals surface area (Å²) in [5, 5.41) is 7.26. The number of pyridine rings is 2. The number of fused-ring (bicyclic) bond motifs is 1. The van der Waals surface area contributed by atoms with Crippen LogP contribution < -0.4 is 5.48 Å². The highest BCUT2D eigenvalue weighted by atomic mass is 16.5. The number of hydrogen-bond acceptors (Lipinski definition) is 4. The molecule has 1 saturated carbocycles. The van der Waals surface area contributed by atoms with Gasteiger partial charge in [0.15, 0.2) is 0 Å². The Labute approximate surface area is 135 Å². The van der Waals surface area contributed by atoms with Crippen molar-refractivity contribution in [1.82, 2.24) is 15.4 Å². The van der Waals surface area contributed by atoms with Crippen molar-refractivity contribution in [3.8, 4) is 0 Å². The first-order valence-corrected chi connectivity index (χ1v) is 7.39. The molecule has 0 bridgehead atoms. The Morgan fingerprint density at radius 3 is 2.09 bits per heavy atom. The van der Waals surface area contributed by atoms with Crippen molar-refractivity contribution in [2.24, 2.45) is 0 Å². The Morgan fingerprint density at radius 2 is 1.57 bits per heavy atom. The molecule has 5 heteroatoms. The largest absolute Gasteiger partial charge is 0.289 e. The van der Waals surface area contributed by atoms with Crippen LogP contribution in [0.15, 0.2) is 67.0 Å². The van der Waals surface area contributed by atoms with Crippen LogP contribution in [-0.2, 0) is 4.79 Å². The number of amides is 1. The second-order valence-corrected chi connectivity index (χ2v) is 4.95. The molecule has 1 fully saturated rings. The molecule has 5 nitrogen and oxygen atoms in total. The summed E-state index contributed by atoms with van der Waals surface area (Å²) >= 11 is 0. The smallest absolute Gasteiger partial charge is 0.230 e. The van der Waals surface area contributed by atoms with Gasteiger partial charge in [-0.05, 0) is 42.5 Å². The van der Waals surface area contributed by atoms with Crippen molar-refractivity contribution in [3.63, 3.8) is 0 Å². The molecule has 23 heavy (non-hydrogen) atoms. The second-order valence-electron chi connectivity index (χ2n) is 4.95. The summed E-state index contributed by atoms with van der Waals surface area (Å²) in [5.41, 5.74) is 4.74. The van der Waals surface area contributed by atoms with Gasteiger partial charge >= 0.3 is 0 Å². The summed E-state index contributed by atoms with van der Waals surface area (Å²) < 4.78 is 0. The third-order valence-corrected chi connectivity index (χ3v) is 3.26. The second kappa shape index (κ2) is 9.27. The highest BCUT2D eigenvalue weighted by Crippen LogP contribution is 2.41. The standard InChI is InChI=1S/C11H10N2.C6H6.CH3NO2/c1-2-10-11(13-6-1)9(5-7-12-10)8-3-4-8;1-2-4-6-5-3-1;3-1-2-4/h1-2,5-8H,3-4H2;1-6H;1,4H,(H,2,3). The van der Waals surface area contributed by atoms with E-state index < -0.39 is 0 Å². The van der Waals surface area contributed by atoms with Crippen LogP contribution in [0.2, 0.25) is 0 Å². The van der Waals surface area contributed by atoms with E-state index in [1.807, 2.05) is 60.9 Å². The van der Waals surface area contributed by atoms with E-state index in [0.717, 1.165) is 17.0 Å². The van der Waals surface area contributed by atoms with Gasteiger partial charge < -0.3 is 0 Å². The zero-order valence-corrected chi connectivity index (χ0v) is 12.7. The summed E-state index contributed by atoms with van der Waals surface area (Å²) in [4.78, 5) is 17.5. The van der Waals surface area contributed by atoms with Crippen LogP contribution in [0, 0.1) is 0 Å². The number of nitrogens with one attached hydrogen (secondary N) is 1. The van der Waals surface area contributed by atoms with E-state index in [1.165, 1.54) is 23.9 Å². The molecule has 3 aromatic rings. The van der Waals surface area contributed by atoms with Crippen LogP contribution in [0.4, 0.5) is 0 Å². The number of hydrogen-bond donors (Lipinski definition) is 2. The van der Waals surface area contributed by atoms with Crippen molar-refractivity contribution < 1.29 is 10.0 Å². The number of benzene rings is 1. The van der Waals surface area contributed by atoms with Crippen LogP contribution in [0.3, 0.4) is 0 Å². The Morgan fingerprint density at radius 1 is 0.957 bits per heavy atom. The predicted molar refractivity (Wildman–Crippen MR) is 88.9 cm³/mol. The Bertz CT molecular complexity index is 684. The minimum Gasteiger partial charge on any atom is -0.289 e. The number of aromatic nitrogens is 2. The molecule has 0 aliphatic heterocycles. The van der Waals surface area contributed by atoms with E-state index in [2.05, 4.69) is 16.0 Å². The van der Waals surface area contributed by atoms with Gasteiger partial charge in [0.25, 0.3) is 0 Å². The lowest BCUT2D eigenvalue weighted by atomic mass is 10.1. The molecule has 0 saturated heterocycles. The van der Waals surface area contributed by atoms with Gasteiger partial charge in [0.05, 0.1) is 11.0 Å². The minimum atomic E-state index is 0.181. The molecule has 0 atom stereocenters. The number of hydroxylamine groups is 1. The van der Waals surface area contributed by atoms with E-state index in [-0.39, 0.29) is 6.41 Å². The summed E-state index contributed by atoms with van der Waals surface area (Å²) in [6, 6.07) is 18.1. The maximum atomic E-state index is 8.81. The molecule has 2 heterocycles. The number of nitrogens with zero attached hydrogens (tertiary/aromatic N) is 2. The summed E-state index contributed by atoms with van der Waals surface area (Å²) in [6.45, 7) is 0. The van der Waals surface area contributed by atoms with Crippen LogP contribution >= 0.6 is 0 Å². The fourth-order valence-electron chi connectivity index (χ4n) is 2.11.